The molecule has 0 aliphatic heterocycles. The number of para-hydroxylation sites is 2. The molecule has 192 valence electrons. The number of aromatic nitrogens is 2. The molecule has 5 heteroatoms. The summed E-state index contributed by atoms with van der Waals surface area (Å²) in [6.07, 6.45) is 7.84. The van der Waals surface area contributed by atoms with Gasteiger partial charge in [0.25, 0.3) is 0 Å². The Labute approximate surface area is 225 Å². The van der Waals surface area contributed by atoms with Crippen LogP contribution in [0.5, 0.6) is 0 Å². The molecular formula is C32H38N4S. The molecule has 4 nitrogen and oxygen atoms in total. The maximum Gasteiger partial charge on any atom is 0.0459 e. The average Bonchev–Trinajstić information content (AvgIpc) is 3.42. The minimum absolute atomic E-state index is 0.832. The quantitative estimate of drug-likeness (QED) is 0.154. The first-order chi connectivity index (χ1) is 18.2. The summed E-state index contributed by atoms with van der Waals surface area (Å²) in [6, 6.07) is 17.3. The van der Waals surface area contributed by atoms with Gasteiger partial charge in [0, 0.05) is 84.0 Å². The van der Waals surface area contributed by atoms with E-state index in [9.17, 15) is 0 Å². The zero-order chi connectivity index (χ0) is 26.0. The number of aromatic amines is 2. The second-order valence-electron chi connectivity index (χ2n) is 9.29. The number of nitrogens with one attached hydrogen (secondary N) is 2. The van der Waals surface area contributed by atoms with E-state index in [2.05, 4.69) is 94.6 Å². The predicted molar refractivity (Wildman–Crippen MR) is 163 cm³/mol. The molecule has 0 saturated carbocycles. The number of benzene rings is 2. The normalized spacial score (nSPS) is 11.5. The van der Waals surface area contributed by atoms with Gasteiger partial charge in [-0.1, -0.05) is 60.7 Å². The lowest BCUT2D eigenvalue weighted by molar-refractivity contribution is 0.323. The molecule has 2 aromatic carbocycles. The molecule has 4 rings (SSSR count). The van der Waals surface area contributed by atoms with Gasteiger partial charge in [-0.2, -0.15) is 11.8 Å². The fraction of sp³-hybridized carbons (Fsp3) is 0.250. The molecule has 0 amide bonds. The number of hydrogen-bond acceptors (Lipinski definition) is 3. The van der Waals surface area contributed by atoms with Gasteiger partial charge in [-0.25, -0.2) is 0 Å². The van der Waals surface area contributed by atoms with Crippen LogP contribution in [0.1, 0.15) is 22.5 Å². The van der Waals surface area contributed by atoms with E-state index in [1.54, 1.807) is 0 Å². The summed E-state index contributed by atoms with van der Waals surface area (Å²) >= 11 is 1.98. The molecule has 0 atom stereocenters. The van der Waals surface area contributed by atoms with Gasteiger partial charge in [0.15, 0.2) is 0 Å². The lowest BCUT2D eigenvalue weighted by atomic mass is 10.1. The SMILES string of the molecule is C=CCN(CC=C)Cc1[nH]c2ccccc2c1CSCc1c(CN(CC=C)CC=C)[nH]c2ccccc12. The van der Waals surface area contributed by atoms with Gasteiger partial charge in [-0.05, 0) is 23.3 Å². The molecule has 2 heterocycles. The smallest absolute Gasteiger partial charge is 0.0459 e. The van der Waals surface area contributed by atoms with Crippen LogP contribution in [0.15, 0.2) is 99.2 Å². The monoisotopic (exact) mass is 510 g/mol. The highest BCUT2D eigenvalue weighted by Gasteiger charge is 2.17. The van der Waals surface area contributed by atoms with Crippen LogP contribution < -0.4 is 0 Å². The molecule has 0 radical (unpaired) electrons. The van der Waals surface area contributed by atoms with Crippen molar-refractivity contribution >= 4 is 33.6 Å². The van der Waals surface area contributed by atoms with Crippen molar-refractivity contribution in [2.45, 2.75) is 24.6 Å². The van der Waals surface area contributed by atoms with Crippen molar-refractivity contribution in [3.8, 4) is 0 Å². The van der Waals surface area contributed by atoms with Crippen LogP contribution in [0.3, 0.4) is 0 Å². The first-order valence-corrected chi connectivity index (χ1v) is 14.0. The number of nitrogens with zero attached hydrogens (tertiary/aromatic N) is 2. The molecule has 0 unspecified atom stereocenters. The second-order valence-corrected chi connectivity index (χ2v) is 10.3. The van der Waals surface area contributed by atoms with Crippen molar-refractivity contribution in [2.75, 3.05) is 26.2 Å². The van der Waals surface area contributed by atoms with Gasteiger partial charge in [0.05, 0.1) is 0 Å². The van der Waals surface area contributed by atoms with Crippen LogP contribution >= 0.6 is 11.8 Å². The van der Waals surface area contributed by atoms with Gasteiger partial charge >= 0.3 is 0 Å². The summed E-state index contributed by atoms with van der Waals surface area (Å²) in [4.78, 5) is 12.1. The minimum Gasteiger partial charge on any atom is -0.357 e. The van der Waals surface area contributed by atoms with Gasteiger partial charge in [-0.3, -0.25) is 9.80 Å². The standard InChI is InChI=1S/C32H38N4S/c1-5-17-35(18-6-2)21-31-27(25-13-9-11-15-29(25)33-31)23-37-24-28-26-14-10-12-16-30(26)34-32(28)22-36(19-7-3)20-8-4/h5-16,33-34H,1-4,17-24H2. The Balaban J connectivity index is 1.58. The van der Waals surface area contributed by atoms with Crippen LogP contribution in [0, 0.1) is 0 Å². The van der Waals surface area contributed by atoms with E-state index < -0.39 is 0 Å². The molecule has 0 aliphatic rings. The number of hydrogen-bond donors (Lipinski definition) is 2. The highest BCUT2D eigenvalue weighted by atomic mass is 32.2. The predicted octanol–water partition coefficient (Wildman–Crippen LogP) is 7.43. The molecule has 0 fully saturated rings. The number of rotatable bonds is 16. The van der Waals surface area contributed by atoms with E-state index in [-0.39, 0.29) is 0 Å². The van der Waals surface area contributed by atoms with E-state index >= 15 is 0 Å². The zero-order valence-corrected chi connectivity index (χ0v) is 22.5. The summed E-state index contributed by atoms with van der Waals surface area (Å²) in [5.74, 6) is 1.88. The van der Waals surface area contributed by atoms with E-state index in [0.29, 0.717) is 0 Å². The van der Waals surface area contributed by atoms with Crippen molar-refractivity contribution in [2.24, 2.45) is 0 Å². The highest BCUT2D eigenvalue weighted by molar-refractivity contribution is 7.97. The van der Waals surface area contributed by atoms with Crippen LogP contribution in [0.2, 0.25) is 0 Å². The van der Waals surface area contributed by atoms with Gasteiger partial charge < -0.3 is 9.97 Å². The van der Waals surface area contributed by atoms with Crippen molar-refractivity contribution < 1.29 is 0 Å². The second kappa shape index (κ2) is 13.3. The van der Waals surface area contributed by atoms with Crippen molar-refractivity contribution in [3.05, 3.63) is 122 Å². The van der Waals surface area contributed by atoms with Crippen molar-refractivity contribution in [3.63, 3.8) is 0 Å². The summed E-state index contributed by atoms with van der Waals surface area (Å²) in [5.41, 5.74) is 7.73. The summed E-state index contributed by atoms with van der Waals surface area (Å²) in [6.45, 7) is 20.8. The topological polar surface area (TPSA) is 38.1 Å². The van der Waals surface area contributed by atoms with Crippen molar-refractivity contribution in [1.82, 2.24) is 19.8 Å². The van der Waals surface area contributed by atoms with Gasteiger partial charge in [0.1, 0.15) is 0 Å². The molecule has 2 aromatic heterocycles. The van der Waals surface area contributed by atoms with E-state index in [4.69, 9.17) is 0 Å². The fourth-order valence-corrected chi connectivity index (χ4v) is 6.12. The van der Waals surface area contributed by atoms with E-state index in [1.807, 2.05) is 36.1 Å². The van der Waals surface area contributed by atoms with E-state index in [1.165, 1.54) is 44.3 Å². The summed E-state index contributed by atoms with van der Waals surface area (Å²) in [7, 11) is 0. The zero-order valence-electron chi connectivity index (χ0n) is 21.7. The summed E-state index contributed by atoms with van der Waals surface area (Å²) in [5, 5.41) is 2.62. The third kappa shape index (κ3) is 6.55. The first-order valence-electron chi connectivity index (χ1n) is 12.8. The van der Waals surface area contributed by atoms with Gasteiger partial charge in [0.2, 0.25) is 0 Å². The highest BCUT2D eigenvalue weighted by Crippen LogP contribution is 2.32. The Bertz CT molecular complexity index is 1240. The molecule has 0 spiro atoms. The first kappa shape index (κ1) is 26.8. The Kier molecular flexibility index (Phi) is 9.66. The maximum atomic E-state index is 3.94. The van der Waals surface area contributed by atoms with Crippen LogP contribution in [-0.2, 0) is 24.6 Å². The lowest BCUT2D eigenvalue weighted by Crippen LogP contribution is -2.24. The van der Waals surface area contributed by atoms with Crippen LogP contribution in [0.25, 0.3) is 21.8 Å². The molecule has 2 N–H and O–H groups in total. The van der Waals surface area contributed by atoms with E-state index in [0.717, 1.165) is 50.8 Å². The van der Waals surface area contributed by atoms with Crippen LogP contribution in [0.4, 0.5) is 0 Å². The molecule has 4 aromatic rings. The third-order valence-corrected chi connectivity index (χ3v) is 7.60. The number of H-pyrrole nitrogens is 2. The average molecular weight is 511 g/mol. The lowest BCUT2D eigenvalue weighted by Gasteiger charge is -2.19. The molecule has 0 bridgehead atoms. The molecular weight excluding hydrogens is 472 g/mol. The Morgan fingerprint density at radius 1 is 0.595 bits per heavy atom. The fourth-order valence-electron chi connectivity index (χ4n) is 4.95. The minimum atomic E-state index is 0.832. The van der Waals surface area contributed by atoms with Crippen LogP contribution in [-0.4, -0.2) is 45.9 Å². The molecule has 37 heavy (non-hydrogen) atoms. The maximum absolute atomic E-state index is 3.94. The Morgan fingerprint density at radius 2 is 0.973 bits per heavy atom. The van der Waals surface area contributed by atoms with Gasteiger partial charge in [-0.15, -0.1) is 26.3 Å². The Morgan fingerprint density at radius 3 is 1.35 bits per heavy atom. The third-order valence-electron chi connectivity index (χ3n) is 6.61. The van der Waals surface area contributed by atoms with Crippen molar-refractivity contribution in [1.29, 1.82) is 0 Å². The number of thioether (sulfide) groups is 1. The molecule has 0 aliphatic carbocycles. The molecule has 0 saturated heterocycles. The largest absolute Gasteiger partial charge is 0.357 e. The summed E-state index contributed by atoms with van der Waals surface area (Å²) < 4.78 is 0. The number of fused-ring (bicyclic) bond motifs is 2. The Hall–Kier alpha value is -3.25.